The standard InChI is InChI=1S/C41H60O8/c1-37(2)31-15-18-39(5)22-25-9-11-30-38(3,4)34(49-36(45)14-13-35(44)48-29-24-47-26(23-42)21-28(29)43)17-19-40(30,6)27(25)10-12-32(39)41(31,7)20-16-33(37)46-8/h9,21,24,27,30-34,42H,10-20,22-23H2,1-8H3/t27-,30-,31?,32?,33-,34+,39-,40+,41-/m0/s1. The van der Waals surface area contributed by atoms with Gasteiger partial charge in [0.15, 0.2) is 0 Å². The third-order valence-corrected chi connectivity index (χ3v) is 15.1. The number of carbonyl (C=O) groups is 2. The molecule has 2 unspecified atom stereocenters. The number of aliphatic hydroxyl groups excluding tert-OH is 1. The number of fused-ring (bicyclic) bond motifs is 6. The first kappa shape index (κ1) is 36.3. The molecular formula is C41H60O8. The molecule has 1 aromatic rings. The van der Waals surface area contributed by atoms with Crippen LogP contribution < -0.4 is 10.2 Å². The maximum atomic E-state index is 13.1. The lowest BCUT2D eigenvalue weighted by Crippen LogP contribution is -2.58. The van der Waals surface area contributed by atoms with Crippen molar-refractivity contribution < 1.29 is 33.3 Å². The molecule has 0 spiro atoms. The predicted octanol–water partition coefficient (Wildman–Crippen LogP) is 8.18. The van der Waals surface area contributed by atoms with Crippen molar-refractivity contribution >= 4 is 11.9 Å². The zero-order valence-electron chi connectivity index (χ0n) is 31.2. The molecule has 4 fully saturated rings. The summed E-state index contributed by atoms with van der Waals surface area (Å²) in [6.45, 7) is 16.8. The van der Waals surface area contributed by atoms with Gasteiger partial charge in [-0.05, 0) is 110 Å². The molecule has 6 rings (SSSR count). The second-order valence-corrected chi connectivity index (χ2v) is 18.3. The van der Waals surface area contributed by atoms with Gasteiger partial charge < -0.3 is 23.7 Å². The van der Waals surface area contributed by atoms with Gasteiger partial charge in [-0.3, -0.25) is 14.4 Å². The molecule has 0 radical (unpaired) electrons. The molecule has 5 aliphatic carbocycles. The Balaban J connectivity index is 1.12. The van der Waals surface area contributed by atoms with E-state index in [9.17, 15) is 14.4 Å². The van der Waals surface area contributed by atoms with E-state index in [2.05, 4.69) is 54.5 Å². The summed E-state index contributed by atoms with van der Waals surface area (Å²) in [5.41, 5.74) is 1.88. The molecule has 49 heavy (non-hydrogen) atoms. The molecule has 9 atom stereocenters. The lowest BCUT2D eigenvalue weighted by Gasteiger charge is -2.64. The normalized spacial score (nSPS) is 39.2. The van der Waals surface area contributed by atoms with Gasteiger partial charge in [0.05, 0.1) is 18.9 Å². The second kappa shape index (κ2) is 13.0. The summed E-state index contributed by atoms with van der Waals surface area (Å²) in [6, 6.07) is 1.08. The van der Waals surface area contributed by atoms with E-state index in [1.165, 1.54) is 38.5 Å². The van der Waals surface area contributed by atoms with Crippen LogP contribution in [0.25, 0.3) is 0 Å². The van der Waals surface area contributed by atoms with Crippen LogP contribution in [0.5, 0.6) is 5.75 Å². The van der Waals surface area contributed by atoms with Gasteiger partial charge in [-0.2, -0.15) is 0 Å². The number of esters is 2. The number of methoxy groups -OCH3 is 1. The Morgan fingerprint density at radius 2 is 1.51 bits per heavy atom. The molecule has 5 aliphatic rings. The molecule has 1 aromatic heterocycles. The number of carbonyl (C=O) groups excluding carboxylic acids is 2. The minimum atomic E-state index is -0.709. The lowest BCUT2D eigenvalue weighted by atomic mass is 9.42. The zero-order chi connectivity index (χ0) is 35.6. The first-order chi connectivity index (χ1) is 23.0. The summed E-state index contributed by atoms with van der Waals surface area (Å²) in [5, 5.41) is 9.11. The summed E-state index contributed by atoms with van der Waals surface area (Å²) in [7, 11) is 1.90. The van der Waals surface area contributed by atoms with Crippen LogP contribution in [-0.4, -0.2) is 36.4 Å². The topological polar surface area (TPSA) is 112 Å². The van der Waals surface area contributed by atoms with Crippen molar-refractivity contribution in [2.24, 2.45) is 50.7 Å². The number of aliphatic hydroxyl groups is 1. The van der Waals surface area contributed by atoms with Crippen LogP contribution in [0.15, 0.2) is 33.2 Å². The number of allylic oxidation sites excluding steroid dienone is 2. The molecule has 4 saturated carbocycles. The van der Waals surface area contributed by atoms with Gasteiger partial charge in [-0.15, -0.1) is 0 Å². The maximum absolute atomic E-state index is 13.1. The van der Waals surface area contributed by atoms with Crippen molar-refractivity contribution in [3.05, 3.63) is 40.0 Å². The second-order valence-electron chi connectivity index (χ2n) is 18.3. The van der Waals surface area contributed by atoms with E-state index in [4.69, 9.17) is 23.7 Å². The van der Waals surface area contributed by atoms with E-state index in [-0.39, 0.29) is 46.7 Å². The number of ether oxygens (including phenoxy) is 3. The molecule has 1 heterocycles. The highest BCUT2D eigenvalue weighted by atomic mass is 16.6. The first-order valence-electron chi connectivity index (χ1n) is 18.8. The van der Waals surface area contributed by atoms with Crippen LogP contribution >= 0.6 is 0 Å². The summed E-state index contributed by atoms with van der Waals surface area (Å²) in [6.07, 6.45) is 14.9. The molecule has 8 nitrogen and oxygen atoms in total. The van der Waals surface area contributed by atoms with Crippen molar-refractivity contribution in [1.82, 2.24) is 0 Å². The summed E-state index contributed by atoms with van der Waals surface area (Å²) >= 11 is 0. The van der Waals surface area contributed by atoms with Gasteiger partial charge in [0.25, 0.3) is 0 Å². The highest BCUT2D eigenvalue weighted by Gasteiger charge is 2.63. The Kier molecular flexibility index (Phi) is 9.61. The predicted molar refractivity (Wildman–Crippen MR) is 187 cm³/mol. The van der Waals surface area contributed by atoms with Crippen molar-refractivity contribution in [1.29, 1.82) is 0 Å². The first-order valence-corrected chi connectivity index (χ1v) is 18.8. The van der Waals surface area contributed by atoms with Gasteiger partial charge in [0.1, 0.15) is 24.7 Å². The Morgan fingerprint density at radius 1 is 0.837 bits per heavy atom. The van der Waals surface area contributed by atoms with E-state index >= 15 is 0 Å². The molecule has 0 aliphatic heterocycles. The Hall–Kier alpha value is -2.45. The van der Waals surface area contributed by atoms with Crippen molar-refractivity contribution in [2.45, 2.75) is 144 Å². The van der Waals surface area contributed by atoms with Crippen molar-refractivity contribution in [2.75, 3.05) is 7.11 Å². The molecule has 8 heteroatoms. The van der Waals surface area contributed by atoms with E-state index in [0.717, 1.165) is 38.0 Å². The van der Waals surface area contributed by atoms with E-state index < -0.39 is 24.0 Å². The maximum Gasteiger partial charge on any atom is 0.312 e. The van der Waals surface area contributed by atoms with Gasteiger partial charge in [-0.1, -0.05) is 60.1 Å². The Labute approximate surface area is 292 Å². The van der Waals surface area contributed by atoms with Gasteiger partial charge in [0.2, 0.25) is 11.2 Å². The van der Waals surface area contributed by atoms with Gasteiger partial charge >= 0.3 is 11.9 Å². The van der Waals surface area contributed by atoms with Crippen LogP contribution in [0.4, 0.5) is 0 Å². The summed E-state index contributed by atoms with van der Waals surface area (Å²) in [5.74, 6) is 0.999. The van der Waals surface area contributed by atoms with Crippen LogP contribution in [0.1, 0.15) is 131 Å². The third kappa shape index (κ3) is 6.15. The monoisotopic (exact) mass is 680 g/mol. The van der Waals surface area contributed by atoms with Crippen LogP contribution in [0.3, 0.4) is 0 Å². The van der Waals surface area contributed by atoms with Crippen molar-refractivity contribution in [3.8, 4) is 5.75 Å². The quantitative estimate of drug-likeness (QED) is 0.227. The van der Waals surface area contributed by atoms with E-state index in [1.54, 1.807) is 5.57 Å². The van der Waals surface area contributed by atoms with E-state index in [0.29, 0.717) is 40.6 Å². The molecule has 1 N–H and O–H groups in total. The molecular weight excluding hydrogens is 620 g/mol. The fourth-order valence-corrected chi connectivity index (χ4v) is 12.7. The zero-order valence-corrected chi connectivity index (χ0v) is 31.2. The Morgan fingerprint density at radius 3 is 2.20 bits per heavy atom. The minimum Gasteiger partial charge on any atom is -0.463 e. The minimum absolute atomic E-state index is 0.0765. The van der Waals surface area contributed by atoms with E-state index in [1.807, 2.05) is 7.11 Å². The van der Waals surface area contributed by atoms with Gasteiger partial charge in [-0.25, -0.2) is 0 Å². The SMILES string of the molecule is CO[C@H]1CC[C@@]2(C)C(CC[C@@]3(C)CC4=CC[C@H]5C(C)(C)[C@H](OC(=O)CCC(=O)Oc6coc(CO)cc6=O)CC[C@]5(C)[C@H]4CCC32)C1(C)C. The molecule has 272 valence electrons. The van der Waals surface area contributed by atoms with Crippen LogP contribution in [0.2, 0.25) is 0 Å². The molecule has 0 aromatic carbocycles. The third-order valence-electron chi connectivity index (χ3n) is 15.1. The number of rotatable bonds is 7. The largest absolute Gasteiger partial charge is 0.463 e. The van der Waals surface area contributed by atoms with Crippen LogP contribution in [-0.2, 0) is 25.7 Å². The molecule has 0 amide bonds. The number of hydrogen-bond acceptors (Lipinski definition) is 8. The Bertz CT molecular complexity index is 1520. The lowest BCUT2D eigenvalue weighted by molar-refractivity contribution is -0.178. The van der Waals surface area contributed by atoms with Crippen molar-refractivity contribution in [3.63, 3.8) is 0 Å². The number of hydrogen-bond donors (Lipinski definition) is 1. The molecule has 0 bridgehead atoms. The average molecular weight is 681 g/mol. The average Bonchev–Trinajstić information content (AvgIpc) is 3.19. The highest BCUT2D eigenvalue weighted by Crippen LogP contribution is 2.70. The summed E-state index contributed by atoms with van der Waals surface area (Å²) < 4.78 is 22.4. The van der Waals surface area contributed by atoms with Gasteiger partial charge in [0, 0.05) is 18.6 Å². The molecule has 0 saturated heterocycles. The smallest absolute Gasteiger partial charge is 0.312 e. The summed E-state index contributed by atoms with van der Waals surface area (Å²) in [4.78, 5) is 37.6. The fourth-order valence-electron chi connectivity index (χ4n) is 12.7. The highest BCUT2D eigenvalue weighted by molar-refractivity contribution is 5.79. The van der Waals surface area contributed by atoms with Crippen LogP contribution in [0, 0.1) is 50.7 Å². The fraction of sp³-hybridized carbons (Fsp3) is 0.780.